The number of benzene rings is 2. The van der Waals surface area contributed by atoms with E-state index in [1.165, 1.54) is 5.56 Å². The van der Waals surface area contributed by atoms with E-state index in [0.29, 0.717) is 24.4 Å². The predicted octanol–water partition coefficient (Wildman–Crippen LogP) is 5.35. The lowest BCUT2D eigenvalue weighted by molar-refractivity contribution is -0.136. The van der Waals surface area contributed by atoms with E-state index in [0.717, 1.165) is 32.1 Å². The van der Waals surface area contributed by atoms with E-state index < -0.39 is 17.5 Å². The van der Waals surface area contributed by atoms with Crippen LogP contribution in [0.15, 0.2) is 42.5 Å². The van der Waals surface area contributed by atoms with Gasteiger partial charge in [-0.3, -0.25) is 14.5 Å². The average molecular weight is 491 g/mol. The maximum Gasteiger partial charge on any atom is 0.325 e. The number of hydrogen-bond acceptors (Lipinski definition) is 5. The zero-order valence-corrected chi connectivity index (χ0v) is 21.3. The molecule has 0 bridgehead atoms. The lowest BCUT2D eigenvalue weighted by Gasteiger charge is -2.43. The number of carbonyl (C=O) groups excluding carboxylic acids is 3. The zero-order valence-electron chi connectivity index (χ0n) is 20.5. The van der Waals surface area contributed by atoms with Gasteiger partial charge in [-0.1, -0.05) is 26.8 Å². The second kappa shape index (κ2) is 8.45. The molecule has 3 aromatic rings. The van der Waals surface area contributed by atoms with Crippen LogP contribution in [0.4, 0.5) is 10.5 Å². The van der Waals surface area contributed by atoms with Crippen molar-refractivity contribution in [3.05, 3.63) is 48.0 Å². The smallest absolute Gasteiger partial charge is 0.325 e. The van der Waals surface area contributed by atoms with Crippen molar-refractivity contribution in [1.29, 1.82) is 0 Å². The molecule has 1 spiro atoms. The van der Waals surface area contributed by atoms with Crippen molar-refractivity contribution >= 4 is 45.1 Å². The number of rotatable bonds is 4. The highest BCUT2D eigenvalue weighted by molar-refractivity contribution is 7.21. The number of nitrogens with zero attached hydrogens (tertiary/aromatic N) is 2. The summed E-state index contributed by atoms with van der Waals surface area (Å²) in [6.45, 7) is 8.11. The van der Waals surface area contributed by atoms with Crippen LogP contribution < -0.4 is 10.6 Å². The van der Waals surface area contributed by atoms with E-state index >= 15 is 0 Å². The number of anilines is 1. The van der Waals surface area contributed by atoms with Gasteiger partial charge in [0, 0.05) is 11.3 Å². The van der Waals surface area contributed by atoms with Crippen molar-refractivity contribution in [2.24, 2.45) is 11.3 Å². The second-order valence-corrected chi connectivity index (χ2v) is 11.9. The molecule has 2 aromatic carbocycles. The molecule has 1 aromatic heterocycles. The minimum Gasteiger partial charge on any atom is -0.325 e. The largest absolute Gasteiger partial charge is 0.325 e. The molecule has 2 fully saturated rings. The van der Waals surface area contributed by atoms with Crippen molar-refractivity contribution in [2.75, 3.05) is 11.9 Å². The van der Waals surface area contributed by atoms with E-state index in [9.17, 15) is 14.4 Å². The number of nitrogens with one attached hydrogen (secondary N) is 2. The number of imide groups is 1. The molecule has 2 N–H and O–H groups in total. The van der Waals surface area contributed by atoms with Crippen LogP contribution >= 0.6 is 11.3 Å². The molecule has 0 radical (unpaired) electrons. The number of aryl methyl sites for hydroxylation is 1. The monoisotopic (exact) mass is 490 g/mol. The van der Waals surface area contributed by atoms with Gasteiger partial charge < -0.3 is 10.6 Å². The van der Waals surface area contributed by atoms with Gasteiger partial charge >= 0.3 is 6.03 Å². The van der Waals surface area contributed by atoms with Gasteiger partial charge in [0.15, 0.2) is 0 Å². The highest BCUT2D eigenvalue weighted by atomic mass is 32.1. The summed E-state index contributed by atoms with van der Waals surface area (Å²) in [4.78, 5) is 44.4. The maximum atomic E-state index is 13.3. The molecule has 2 heterocycles. The van der Waals surface area contributed by atoms with Crippen molar-refractivity contribution in [3.8, 4) is 10.6 Å². The molecule has 1 saturated heterocycles. The van der Waals surface area contributed by atoms with Gasteiger partial charge in [0.25, 0.3) is 5.91 Å². The Morgan fingerprint density at radius 3 is 2.63 bits per heavy atom. The molecule has 4 amide bonds. The van der Waals surface area contributed by atoms with Crippen molar-refractivity contribution in [2.45, 2.75) is 52.5 Å². The minimum absolute atomic E-state index is 0.0529. The van der Waals surface area contributed by atoms with Crippen LogP contribution in [-0.2, 0) is 9.59 Å². The predicted molar refractivity (Wildman–Crippen MR) is 138 cm³/mol. The van der Waals surface area contributed by atoms with Crippen molar-refractivity contribution in [3.63, 3.8) is 0 Å². The number of thiazole rings is 1. The number of aromatic nitrogens is 1. The molecular formula is C27H30N4O3S. The summed E-state index contributed by atoms with van der Waals surface area (Å²) in [7, 11) is 0. The van der Waals surface area contributed by atoms with E-state index in [1.807, 2.05) is 36.4 Å². The van der Waals surface area contributed by atoms with Gasteiger partial charge in [0.2, 0.25) is 5.91 Å². The Hall–Kier alpha value is -3.26. The van der Waals surface area contributed by atoms with Crippen LogP contribution in [0.25, 0.3) is 20.8 Å². The third kappa shape index (κ3) is 4.55. The Kier molecular flexibility index (Phi) is 5.67. The number of carbonyl (C=O) groups is 3. The Morgan fingerprint density at radius 2 is 1.91 bits per heavy atom. The molecule has 7 nitrogen and oxygen atoms in total. The summed E-state index contributed by atoms with van der Waals surface area (Å²) < 4.78 is 1.14. The molecule has 1 saturated carbocycles. The molecule has 35 heavy (non-hydrogen) atoms. The standard InChI is InChI=1S/C27H30N4O3S/c1-16-5-10-20-21(11-16)35-23(29-20)18-6-8-19(9-7-18)28-22(32)14-31-24(33)27(30-25(31)34)13-17(2)12-26(3,4)15-27/h5-11,17H,12-15H2,1-4H3,(H,28,32)(H,30,34)/t17-,27-/m1/s1. The van der Waals surface area contributed by atoms with Crippen molar-refractivity contribution < 1.29 is 14.4 Å². The zero-order chi connectivity index (χ0) is 25.0. The van der Waals surface area contributed by atoms with Gasteiger partial charge in [0.1, 0.15) is 17.1 Å². The molecule has 5 rings (SSSR count). The number of fused-ring (bicyclic) bond motifs is 1. The summed E-state index contributed by atoms with van der Waals surface area (Å²) in [5, 5.41) is 6.64. The van der Waals surface area contributed by atoms with E-state index in [-0.39, 0.29) is 17.9 Å². The van der Waals surface area contributed by atoms with Gasteiger partial charge in [-0.25, -0.2) is 9.78 Å². The summed E-state index contributed by atoms with van der Waals surface area (Å²) in [6.07, 6.45) is 2.19. The fourth-order valence-corrected chi connectivity index (χ4v) is 6.91. The maximum absolute atomic E-state index is 13.3. The summed E-state index contributed by atoms with van der Waals surface area (Å²) in [5.74, 6) is -0.384. The second-order valence-electron chi connectivity index (χ2n) is 10.9. The molecule has 182 valence electrons. The molecular weight excluding hydrogens is 460 g/mol. The Bertz CT molecular complexity index is 1330. The number of urea groups is 1. The van der Waals surface area contributed by atoms with Crippen LogP contribution in [0, 0.1) is 18.3 Å². The van der Waals surface area contributed by atoms with Crippen LogP contribution in [0.2, 0.25) is 0 Å². The summed E-state index contributed by atoms with van der Waals surface area (Å²) in [6, 6.07) is 13.1. The molecule has 0 unspecified atom stereocenters. The van der Waals surface area contributed by atoms with Gasteiger partial charge in [-0.15, -0.1) is 11.3 Å². The Balaban J connectivity index is 1.25. The van der Waals surface area contributed by atoms with Gasteiger partial charge in [-0.2, -0.15) is 0 Å². The molecule has 2 atom stereocenters. The topological polar surface area (TPSA) is 91.4 Å². The number of hydrogen-bond donors (Lipinski definition) is 2. The third-order valence-corrected chi connectivity index (χ3v) is 7.95. The normalized spacial score (nSPS) is 23.7. The van der Waals surface area contributed by atoms with Crippen LogP contribution in [0.1, 0.15) is 45.6 Å². The van der Waals surface area contributed by atoms with Crippen molar-refractivity contribution in [1.82, 2.24) is 15.2 Å². The quantitative estimate of drug-likeness (QED) is 0.483. The van der Waals surface area contributed by atoms with E-state index in [4.69, 9.17) is 4.98 Å². The lowest BCUT2D eigenvalue weighted by Crippen LogP contribution is -2.54. The molecule has 1 aliphatic heterocycles. The summed E-state index contributed by atoms with van der Waals surface area (Å²) >= 11 is 1.63. The summed E-state index contributed by atoms with van der Waals surface area (Å²) in [5.41, 5.74) is 2.77. The fraction of sp³-hybridized carbons (Fsp3) is 0.407. The van der Waals surface area contributed by atoms with E-state index in [2.05, 4.69) is 44.4 Å². The molecule has 1 aliphatic carbocycles. The SMILES string of the molecule is Cc1ccc2nc(-c3ccc(NC(=O)CN4C(=O)N[C@@]5(C[C@H](C)CC(C)(C)C5)C4=O)cc3)sc2c1. The average Bonchev–Trinajstić information content (AvgIpc) is 3.27. The molecule has 2 aliphatic rings. The first-order valence-corrected chi connectivity index (χ1v) is 12.8. The minimum atomic E-state index is -0.907. The Morgan fingerprint density at radius 1 is 1.17 bits per heavy atom. The van der Waals surface area contributed by atoms with Crippen LogP contribution in [0.5, 0.6) is 0 Å². The first kappa shape index (κ1) is 23.5. The van der Waals surface area contributed by atoms with Gasteiger partial charge in [0.05, 0.1) is 10.2 Å². The lowest BCUT2D eigenvalue weighted by atomic mass is 9.64. The van der Waals surface area contributed by atoms with Crippen LogP contribution in [0.3, 0.4) is 0 Å². The van der Waals surface area contributed by atoms with E-state index in [1.54, 1.807) is 11.3 Å². The third-order valence-electron chi connectivity index (χ3n) is 6.89. The molecule has 8 heteroatoms. The highest BCUT2D eigenvalue weighted by Crippen LogP contribution is 2.46. The van der Waals surface area contributed by atoms with Gasteiger partial charge in [-0.05, 0) is 79.5 Å². The number of amides is 4. The highest BCUT2D eigenvalue weighted by Gasteiger charge is 2.56. The Labute approximate surface area is 208 Å². The van der Waals surface area contributed by atoms with Crippen LogP contribution in [-0.4, -0.2) is 39.8 Å². The fourth-order valence-electron chi connectivity index (χ4n) is 5.85. The first-order chi connectivity index (χ1) is 16.5. The first-order valence-electron chi connectivity index (χ1n) is 12.0.